The molecule has 1 heterocycles. The molecule has 1 unspecified atom stereocenters. The van der Waals surface area contributed by atoms with Gasteiger partial charge >= 0.3 is 0 Å². The van der Waals surface area contributed by atoms with Crippen LogP contribution >= 0.6 is 11.3 Å². The fourth-order valence-electron chi connectivity index (χ4n) is 2.24. The summed E-state index contributed by atoms with van der Waals surface area (Å²) in [6.45, 7) is 4.59. The number of carbonyl (C=O) groups excluding carboxylic acids is 1. The summed E-state index contributed by atoms with van der Waals surface area (Å²) in [6.07, 6.45) is 1.43. The van der Waals surface area contributed by atoms with Crippen molar-refractivity contribution in [3.63, 3.8) is 0 Å². The summed E-state index contributed by atoms with van der Waals surface area (Å²) >= 11 is 1.03. The van der Waals surface area contributed by atoms with Crippen molar-refractivity contribution in [1.82, 2.24) is 9.88 Å². The van der Waals surface area contributed by atoms with Crippen LogP contribution in [0.3, 0.4) is 0 Å². The zero-order valence-electron chi connectivity index (χ0n) is 12.5. The molecule has 0 spiro atoms. The van der Waals surface area contributed by atoms with Gasteiger partial charge in [0.25, 0.3) is 0 Å². The lowest BCUT2D eigenvalue weighted by Crippen LogP contribution is -2.38. The van der Waals surface area contributed by atoms with Crippen LogP contribution in [0.4, 0.5) is 0 Å². The predicted molar refractivity (Wildman–Crippen MR) is 86.4 cm³/mol. The van der Waals surface area contributed by atoms with Gasteiger partial charge in [0.15, 0.2) is 5.25 Å². The van der Waals surface area contributed by atoms with E-state index in [4.69, 9.17) is 0 Å². The molecule has 0 aliphatic heterocycles. The second kappa shape index (κ2) is 7.02. The van der Waals surface area contributed by atoms with Gasteiger partial charge in [-0.1, -0.05) is 30.3 Å². The van der Waals surface area contributed by atoms with Crippen LogP contribution in [0.25, 0.3) is 0 Å². The summed E-state index contributed by atoms with van der Waals surface area (Å²) in [7, 11) is -3.86. The molecule has 1 amide bonds. The third-order valence-electron chi connectivity index (χ3n) is 3.37. The van der Waals surface area contributed by atoms with Crippen molar-refractivity contribution < 1.29 is 13.2 Å². The van der Waals surface area contributed by atoms with Crippen LogP contribution in [0.5, 0.6) is 0 Å². The number of nitrogens with zero attached hydrogens (tertiary/aromatic N) is 2. The SMILES string of the molecule is CCN(CC)C(=O)C(c1ccccc1)S(=O)(=O)c1nccs1. The third kappa shape index (κ3) is 3.20. The summed E-state index contributed by atoms with van der Waals surface area (Å²) in [5.41, 5.74) is 0.467. The standard InChI is InChI=1S/C15H18N2O3S2/c1-3-17(4-2)14(18)13(12-8-6-5-7-9-12)22(19,20)15-16-10-11-21-15/h5-11,13H,3-4H2,1-2H3. The van der Waals surface area contributed by atoms with E-state index in [0.29, 0.717) is 18.7 Å². The first-order valence-electron chi connectivity index (χ1n) is 6.99. The van der Waals surface area contributed by atoms with Crippen molar-refractivity contribution >= 4 is 27.1 Å². The Hall–Kier alpha value is -1.73. The lowest BCUT2D eigenvalue weighted by molar-refractivity contribution is -0.130. The second-order valence-corrected chi connectivity index (χ2v) is 7.75. The molecule has 2 rings (SSSR count). The monoisotopic (exact) mass is 338 g/mol. The van der Waals surface area contributed by atoms with Gasteiger partial charge in [-0.2, -0.15) is 0 Å². The van der Waals surface area contributed by atoms with E-state index in [2.05, 4.69) is 4.98 Å². The quantitative estimate of drug-likeness (QED) is 0.812. The van der Waals surface area contributed by atoms with Crippen LogP contribution in [0.2, 0.25) is 0 Å². The number of thiazole rings is 1. The number of aromatic nitrogens is 1. The van der Waals surface area contributed by atoms with Gasteiger partial charge in [-0.25, -0.2) is 13.4 Å². The molecule has 2 aromatic rings. The molecule has 0 radical (unpaired) electrons. The Kier molecular flexibility index (Phi) is 5.31. The molecule has 0 bridgehead atoms. The molecule has 22 heavy (non-hydrogen) atoms. The van der Waals surface area contributed by atoms with Crippen molar-refractivity contribution in [1.29, 1.82) is 0 Å². The molecule has 1 aromatic heterocycles. The van der Waals surface area contributed by atoms with Gasteiger partial charge in [-0.05, 0) is 19.4 Å². The Morgan fingerprint density at radius 1 is 1.23 bits per heavy atom. The number of likely N-dealkylation sites (N-methyl/N-ethyl adjacent to an activating group) is 1. The molecule has 0 aliphatic rings. The van der Waals surface area contributed by atoms with E-state index in [-0.39, 0.29) is 4.34 Å². The average molecular weight is 338 g/mol. The fraction of sp³-hybridized carbons (Fsp3) is 0.333. The molecular weight excluding hydrogens is 320 g/mol. The van der Waals surface area contributed by atoms with Gasteiger partial charge in [-0.15, -0.1) is 11.3 Å². The highest BCUT2D eigenvalue weighted by atomic mass is 32.2. The highest BCUT2D eigenvalue weighted by Gasteiger charge is 2.39. The summed E-state index contributed by atoms with van der Waals surface area (Å²) in [6, 6.07) is 8.58. The largest absolute Gasteiger partial charge is 0.342 e. The van der Waals surface area contributed by atoms with Crippen molar-refractivity contribution in [3.05, 3.63) is 47.5 Å². The summed E-state index contributed by atoms with van der Waals surface area (Å²) in [5.74, 6) is -0.411. The number of carbonyl (C=O) groups is 1. The van der Waals surface area contributed by atoms with E-state index >= 15 is 0 Å². The van der Waals surface area contributed by atoms with Gasteiger partial charge in [0, 0.05) is 24.7 Å². The highest BCUT2D eigenvalue weighted by Crippen LogP contribution is 2.31. The molecule has 1 aromatic carbocycles. The summed E-state index contributed by atoms with van der Waals surface area (Å²) in [5, 5.41) is 0.344. The summed E-state index contributed by atoms with van der Waals surface area (Å²) in [4.78, 5) is 18.2. The number of sulfone groups is 1. The molecule has 0 saturated heterocycles. The lowest BCUT2D eigenvalue weighted by atomic mass is 10.1. The van der Waals surface area contributed by atoms with Crippen LogP contribution < -0.4 is 0 Å². The topological polar surface area (TPSA) is 67.3 Å². The molecule has 0 fully saturated rings. The molecule has 1 atom stereocenters. The van der Waals surface area contributed by atoms with Crippen LogP contribution in [0.15, 0.2) is 46.2 Å². The molecule has 0 aliphatic carbocycles. The number of hydrogen-bond donors (Lipinski definition) is 0. The zero-order valence-corrected chi connectivity index (χ0v) is 14.1. The first-order chi connectivity index (χ1) is 10.5. The van der Waals surface area contributed by atoms with Gasteiger partial charge in [-0.3, -0.25) is 4.79 Å². The van der Waals surface area contributed by atoms with Gasteiger partial charge in [0.2, 0.25) is 20.1 Å². The second-order valence-electron chi connectivity index (χ2n) is 4.64. The van der Waals surface area contributed by atoms with E-state index in [1.165, 1.54) is 11.1 Å². The molecular formula is C15H18N2O3S2. The zero-order chi connectivity index (χ0) is 16.2. The number of amides is 1. The van der Waals surface area contributed by atoms with Crippen LogP contribution in [-0.4, -0.2) is 37.3 Å². The minimum Gasteiger partial charge on any atom is -0.342 e. The van der Waals surface area contributed by atoms with Crippen LogP contribution in [-0.2, 0) is 14.6 Å². The van der Waals surface area contributed by atoms with E-state index in [1.807, 2.05) is 13.8 Å². The Bertz CT molecular complexity index is 709. The van der Waals surface area contributed by atoms with Crippen LogP contribution in [0, 0.1) is 0 Å². The number of hydrogen-bond acceptors (Lipinski definition) is 5. The predicted octanol–water partition coefficient (Wildman–Crippen LogP) is 2.53. The van der Waals surface area contributed by atoms with Gasteiger partial charge in [0.1, 0.15) is 0 Å². The molecule has 118 valence electrons. The average Bonchev–Trinajstić information content (AvgIpc) is 3.04. The van der Waals surface area contributed by atoms with Crippen molar-refractivity contribution in [3.8, 4) is 0 Å². The van der Waals surface area contributed by atoms with Crippen molar-refractivity contribution in [2.75, 3.05) is 13.1 Å². The highest BCUT2D eigenvalue weighted by molar-refractivity contribution is 7.94. The van der Waals surface area contributed by atoms with Crippen molar-refractivity contribution in [2.45, 2.75) is 23.4 Å². The maximum atomic E-state index is 12.9. The first kappa shape index (κ1) is 16.6. The summed E-state index contributed by atoms with van der Waals surface area (Å²) < 4.78 is 25.7. The fourth-order valence-corrected chi connectivity index (χ4v) is 4.93. The first-order valence-corrected chi connectivity index (χ1v) is 9.42. The van der Waals surface area contributed by atoms with E-state index in [0.717, 1.165) is 11.3 Å². The van der Waals surface area contributed by atoms with Gasteiger partial charge < -0.3 is 4.90 Å². The molecule has 5 nitrogen and oxygen atoms in total. The minimum absolute atomic E-state index is 0.0261. The molecule has 0 N–H and O–H groups in total. The number of rotatable bonds is 6. The van der Waals surface area contributed by atoms with Crippen LogP contribution in [0.1, 0.15) is 24.7 Å². The minimum atomic E-state index is -3.86. The maximum Gasteiger partial charge on any atom is 0.245 e. The van der Waals surface area contributed by atoms with E-state index in [1.54, 1.807) is 35.7 Å². The Morgan fingerprint density at radius 2 is 1.86 bits per heavy atom. The van der Waals surface area contributed by atoms with E-state index in [9.17, 15) is 13.2 Å². The van der Waals surface area contributed by atoms with Gasteiger partial charge in [0.05, 0.1) is 0 Å². The molecule has 0 saturated carbocycles. The van der Waals surface area contributed by atoms with Crippen molar-refractivity contribution in [2.24, 2.45) is 0 Å². The Labute approximate surface area is 134 Å². The molecule has 7 heteroatoms. The van der Waals surface area contributed by atoms with E-state index < -0.39 is 21.0 Å². The maximum absolute atomic E-state index is 12.9. The normalized spacial score (nSPS) is 12.8. The number of benzene rings is 1. The lowest BCUT2D eigenvalue weighted by Gasteiger charge is -2.24. The third-order valence-corrected chi connectivity index (χ3v) is 6.60. The Balaban J connectivity index is 2.54. The smallest absolute Gasteiger partial charge is 0.245 e. The Morgan fingerprint density at radius 3 is 2.36 bits per heavy atom.